The Bertz CT molecular complexity index is 1310. The number of halogens is 5. The molecule has 1 fully saturated rings. The number of pyridine rings is 1. The van der Waals surface area contributed by atoms with Crippen LogP contribution in [0.1, 0.15) is 49.4 Å². The first-order valence-corrected chi connectivity index (χ1v) is 13.1. The number of likely N-dealkylation sites (tertiary alicyclic amines) is 1. The summed E-state index contributed by atoms with van der Waals surface area (Å²) < 4.78 is 61.9. The van der Waals surface area contributed by atoms with Crippen molar-refractivity contribution >= 4 is 28.4 Å². The molecule has 1 aliphatic rings. The van der Waals surface area contributed by atoms with E-state index in [9.17, 15) is 23.2 Å². The lowest BCUT2D eigenvalue weighted by Crippen LogP contribution is -2.48. The molecule has 11 heteroatoms. The SMILES string of the molecule is COc1ccc2ncc(Cl)c(C(F)CCC3(C(=O)NO)CCN(CCCc4c(F)cc(F)cc4F)CC3)c2c1. The predicted molar refractivity (Wildman–Crippen MR) is 139 cm³/mol. The summed E-state index contributed by atoms with van der Waals surface area (Å²) >= 11 is 6.34. The van der Waals surface area contributed by atoms with Crippen LogP contribution in [-0.4, -0.2) is 47.7 Å². The normalized spacial score (nSPS) is 16.3. The minimum absolute atomic E-state index is 0.00736. The van der Waals surface area contributed by atoms with Gasteiger partial charge in [-0.15, -0.1) is 0 Å². The number of benzene rings is 2. The van der Waals surface area contributed by atoms with Crippen LogP contribution in [0.4, 0.5) is 17.6 Å². The van der Waals surface area contributed by atoms with Gasteiger partial charge in [0.15, 0.2) is 0 Å². The molecule has 2 aromatic carbocycles. The van der Waals surface area contributed by atoms with Gasteiger partial charge < -0.3 is 9.64 Å². The molecule has 2 heterocycles. The molecule has 0 saturated carbocycles. The van der Waals surface area contributed by atoms with E-state index in [1.165, 1.54) is 13.3 Å². The Hall–Kier alpha value is -2.95. The maximum absolute atomic E-state index is 15.7. The number of carbonyl (C=O) groups is 1. The molecule has 1 aliphatic heterocycles. The van der Waals surface area contributed by atoms with E-state index in [4.69, 9.17) is 16.3 Å². The molecule has 1 atom stereocenters. The molecule has 0 radical (unpaired) electrons. The molecule has 3 aromatic rings. The molecule has 1 unspecified atom stereocenters. The van der Waals surface area contributed by atoms with Crippen LogP contribution < -0.4 is 10.2 Å². The first-order chi connectivity index (χ1) is 18.7. The second kappa shape index (κ2) is 12.5. The van der Waals surface area contributed by atoms with Crippen LogP contribution in [0.3, 0.4) is 0 Å². The van der Waals surface area contributed by atoms with Crippen LogP contribution in [0, 0.1) is 22.9 Å². The highest BCUT2D eigenvalue weighted by atomic mass is 35.5. The summed E-state index contributed by atoms with van der Waals surface area (Å²) in [6.45, 7) is 1.48. The molecule has 1 saturated heterocycles. The number of hydrogen-bond acceptors (Lipinski definition) is 5. The minimum atomic E-state index is -1.49. The van der Waals surface area contributed by atoms with Gasteiger partial charge in [-0.1, -0.05) is 11.6 Å². The number of hydrogen-bond donors (Lipinski definition) is 2. The fraction of sp³-hybridized carbons (Fsp3) is 0.429. The summed E-state index contributed by atoms with van der Waals surface area (Å²) in [5, 5.41) is 10.1. The molecule has 1 aromatic heterocycles. The van der Waals surface area contributed by atoms with Crippen LogP contribution in [0.5, 0.6) is 5.75 Å². The Labute approximate surface area is 228 Å². The van der Waals surface area contributed by atoms with Crippen molar-refractivity contribution in [3.8, 4) is 5.75 Å². The molecule has 210 valence electrons. The molecule has 2 N–H and O–H groups in total. The van der Waals surface area contributed by atoms with E-state index in [0.29, 0.717) is 67.7 Å². The van der Waals surface area contributed by atoms with Crippen LogP contribution >= 0.6 is 11.6 Å². The number of rotatable bonds is 10. The summed E-state index contributed by atoms with van der Waals surface area (Å²) in [6, 6.07) is 6.45. The average molecular weight is 568 g/mol. The number of carbonyl (C=O) groups excluding carboxylic acids is 1. The minimum Gasteiger partial charge on any atom is -0.497 e. The zero-order valence-electron chi connectivity index (χ0n) is 21.5. The number of ether oxygens (including phenoxy) is 1. The third kappa shape index (κ3) is 6.45. The largest absolute Gasteiger partial charge is 0.497 e. The van der Waals surface area contributed by atoms with Gasteiger partial charge in [0, 0.05) is 34.8 Å². The highest BCUT2D eigenvalue weighted by Crippen LogP contribution is 2.42. The van der Waals surface area contributed by atoms with Crippen LogP contribution in [-0.2, 0) is 11.2 Å². The quantitative estimate of drug-likeness (QED) is 0.170. The number of methoxy groups -OCH3 is 1. The Morgan fingerprint density at radius 2 is 1.90 bits per heavy atom. The van der Waals surface area contributed by atoms with Gasteiger partial charge in [-0.25, -0.2) is 23.0 Å². The van der Waals surface area contributed by atoms with Gasteiger partial charge in [-0.2, -0.15) is 0 Å². The third-order valence-corrected chi connectivity index (χ3v) is 7.96. The molecule has 6 nitrogen and oxygen atoms in total. The monoisotopic (exact) mass is 567 g/mol. The number of hydroxylamine groups is 1. The smallest absolute Gasteiger partial charge is 0.249 e. The fourth-order valence-corrected chi connectivity index (χ4v) is 5.63. The van der Waals surface area contributed by atoms with Crippen molar-refractivity contribution < 1.29 is 32.3 Å². The Morgan fingerprint density at radius 1 is 1.21 bits per heavy atom. The zero-order chi connectivity index (χ0) is 28.2. The number of nitrogens with one attached hydrogen (secondary N) is 1. The summed E-state index contributed by atoms with van der Waals surface area (Å²) in [5.74, 6) is -2.82. The molecule has 39 heavy (non-hydrogen) atoms. The van der Waals surface area contributed by atoms with Crippen LogP contribution in [0.2, 0.25) is 5.02 Å². The average Bonchev–Trinajstić information content (AvgIpc) is 2.93. The van der Waals surface area contributed by atoms with Gasteiger partial charge in [0.1, 0.15) is 29.4 Å². The fourth-order valence-electron chi connectivity index (χ4n) is 5.36. The van der Waals surface area contributed by atoms with E-state index in [1.807, 2.05) is 0 Å². The van der Waals surface area contributed by atoms with E-state index in [-0.39, 0.29) is 35.4 Å². The highest BCUT2D eigenvalue weighted by molar-refractivity contribution is 6.32. The molecule has 0 bridgehead atoms. The van der Waals surface area contributed by atoms with Crippen molar-refractivity contribution in [1.82, 2.24) is 15.4 Å². The topological polar surface area (TPSA) is 74.7 Å². The number of fused-ring (bicyclic) bond motifs is 1. The molecular weight excluding hydrogens is 538 g/mol. The van der Waals surface area contributed by atoms with Crippen molar-refractivity contribution in [2.75, 3.05) is 26.7 Å². The Morgan fingerprint density at radius 3 is 2.54 bits per heavy atom. The zero-order valence-corrected chi connectivity index (χ0v) is 22.2. The van der Waals surface area contributed by atoms with E-state index in [0.717, 1.165) is 0 Å². The summed E-state index contributed by atoms with van der Waals surface area (Å²) in [7, 11) is 1.51. The van der Waals surface area contributed by atoms with Gasteiger partial charge in [-0.3, -0.25) is 15.0 Å². The predicted octanol–water partition coefficient (Wildman–Crippen LogP) is 6.33. The van der Waals surface area contributed by atoms with E-state index >= 15 is 4.39 Å². The van der Waals surface area contributed by atoms with Gasteiger partial charge in [0.2, 0.25) is 5.91 Å². The standard InChI is InChI=1S/C28H30ClF4N3O3/c1-39-18-4-5-25-20(15-18)26(21(29)16-34-25)22(31)6-7-28(27(37)35-38)8-11-36(12-9-28)10-2-3-19-23(32)13-17(30)14-24(19)33/h4-5,13-16,22,38H,2-3,6-12H2,1H3,(H,35,37). The first kappa shape index (κ1) is 29.0. The maximum Gasteiger partial charge on any atom is 0.249 e. The van der Waals surface area contributed by atoms with Gasteiger partial charge in [0.05, 0.1) is 23.1 Å². The van der Waals surface area contributed by atoms with Gasteiger partial charge in [-0.05, 0) is 76.4 Å². The van der Waals surface area contributed by atoms with Gasteiger partial charge >= 0.3 is 0 Å². The summed E-state index contributed by atoms with van der Waals surface area (Å²) in [5.41, 5.74) is 1.44. The number of alkyl halides is 1. The second-order valence-electron chi connectivity index (χ2n) is 9.92. The first-order valence-electron chi connectivity index (χ1n) is 12.7. The second-order valence-corrected chi connectivity index (χ2v) is 10.3. The van der Waals surface area contributed by atoms with Gasteiger partial charge in [0.25, 0.3) is 0 Å². The summed E-state index contributed by atoms with van der Waals surface area (Å²) in [4.78, 5) is 19.0. The van der Waals surface area contributed by atoms with Crippen molar-refractivity contribution in [2.24, 2.45) is 5.41 Å². The van der Waals surface area contributed by atoms with Crippen LogP contribution in [0.25, 0.3) is 10.9 Å². The molecule has 1 amide bonds. The number of piperidine rings is 1. The Kier molecular flexibility index (Phi) is 9.30. The number of nitrogens with zero attached hydrogens (tertiary/aromatic N) is 2. The maximum atomic E-state index is 15.7. The lowest BCUT2D eigenvalue weighted by Gasteiger charge is -2.40. The molecule has 0 aliphatic carbocycles. The number of amides is 1. The molecule has 0 spiro atoms. The molecule has 4 rings (SSSR count). The third-order valence-electron chi connectivity index (χ3n) is 7.66. The Balaban J connectivity index is 1.40. The lowest BCUT2D eigenvalue weighted by molar-refractivity contribution is -0.143. The highest BCUT2D eigenvalue weighted by Gasteiger charge is 2.41. The van der Waals surface area contributed by atoms with Crippen molar-refractivity contribution in [2.45, 2.75) is 44.7 Å². The van der Waals surface area contributed by atoms with E-state index in [2.05, 4.69) is 9.88 Å². The van der Waals surface area contributed by atoms with Crippen molar-refractivity contribution in [3.05, 3.63) is 70.1 Å². The molecular formula is C28H30ClF4N3O3. The number of aromatic nitrogens is 1. The van der Waals surface area contributed by atoms with Crippen molar-refractivity contribution in [3.63, 3.8) is 0 Å². The summed E-state index contributed by atoms with van der Waals surface area (Å²) in [6.07, 6.45) is 1.34. The van der Waals surface area contributed by atoms with E-state index < -0.39 is 34.9 Å². The van der Waals surface area contributed by atoms with Crippen molar-refractivity contribution in [1.29, 1.82) is 0 Å². The van der Waals surface area contributed by atoms with E-state index in [1.54, 1.807) is 23.7 Å². The lowest BCUT2D eigenvalue weighted by atomic mass is 9.73. The van der Waals surface area contributed by atoms with Crippen LogP contribution in [0.15, 0.2) is 36.5 Å².